The summed E-state index contributed by atoms with van der Waals surface area (Å²) in [6, 6.07) is 8.83. The summed E-state index contributed by atoms with van der Waals surface area (Å²) in [6.45, 7) is 5.11. The third-order valence-electron chi connectivity index (χ3n) is 7.24. The fraction of sp³-hybridized carbons (Fsp3) is 0.385. The zero-order chi connectivity index (χ0) is 24.6. The first-order valence-electron chi connectivity index (χ1n) is 12.1. The number of nitrogens with zero attached hydrogens (tertiary/aromatic N) is 8. The molecule has 2 aliphatic rings. The number of rotatable bonds is 5. The lowest BCUT2D eigenvalue weighted by molar-refractivity contribution is 0.0386. The average molecular weight is 485 g/mol. The molecule has 0 amide bonds. The van der Waals surface area contributed by atoms with Crippen LogP contribution < -0.4 is 4.90 Å². The van der Waals surface area contributed by atoms with E-state index in [0.29, 0.717) is 18.2 Å². The van der Waals surface area contributed by atoms with Gasteiger partial charge in [-0.3, -0.25) is 9.58 Å². The van der Waals surface area contributed by atoms with Crippen LogP contribution in [0.4, 0.5) is 5.82 Å². The van der Waals surface area contributed by atoms with Gasteiger partial charge in [-0.1, -0.05) is 0 Å². The first-order valence-corrected chi connectivity index (χ1v) is 12.1. The Morgan fingerprint density at radius 2 is 1.86 bits per heavy atom. The van der Waals surface area contributed by atoms with Crippen molar-refractivity contribution < 1.29 is 9.47 Å². The van der Waals surface area contributed by atoms with Gasteiger partial charge in [0.15, 0.2) is 0 Å². The molecular weight excluding hydrogens is 456 g/mol. The van der Waals surface area contributed by atoms with Gasteiger partial charge in [0, 0.05) is 81.2 Å². The fourth-order valence-corrected chi connectivity index (χ4v) is 5.26. The Hall–Kier alpha value is -3.78. The minimum atomic E-state index is 0.148. The van der Waals surface area contributed by atoms with E-state index >= 15 is 0 Å². The summed E-state index contributed by atoms with van der Waals surface area (Å²) in [5.74, 6) is 0.956. The molecule has 6 rings (SSSR count). The zero-order valence-corrected chi connectivity index (χ0v) is 20.4. The SMILES string of the molecule is CO[C@@H]1COC[C@H]1N1CCN(c2ccc(-c3cc(-c4cnn(C)c4)cn4ncc(C#N)c34)cn2)CC1. The van der Waals surface area contributed by atoms with Crippen LogP contribution in [0.1, 0.15) is 5.56 Å². The Balaban J connectivity index is 1.26. The number of fused-ring (bicyclic) bond motifs is 1. The van der Waals surface area contributed by atoms with Crippen LogP contribution in [-0.4, -0.2) is 87.9 Å². The van der Waals surface area contributed by atoms with Crippen LogP contribution in [0.25, 0.3) is 27.8 Å². The number of pyridine rings is 2. The molecule has 0 radical (unpaired) electrons. The van der Waals surface area contributed by atoms with Gasteiger partial charge in [-0.25, -0.2) is 9.50 Å². The second-order valence-electron chi connectivity index (χ2n) is 9.32. The Bertz CT molecular complexity index is 1410. The molecule has 0 spiro atoms. The van der Waals surface area contributed by atoms with Gasteiger partial charge in [-0.2, -0.15) is 15.5 Å². The van der Waals surface area contributed by atoms with Gasteiger partial charge in [-0.15, -0.1) is 0 Å². The van der Waals surface area contributed by atoms with Crippen LogP contribution >= 0.6 is 0 Å². The molecular formula is C26H28N8O2. The molecule has 0 saturated carbocycles. The van der Waals surface area contributed by atoms with Crippen molar-refractivity contribution in [2.75, 3.05) is 51.4 Å². The standard InChI is InChI=1S/C26H28N8O2/c1-31-14-21(13-29-31)19-9-22(26-20(10-27)12-30-34(26)15-19)18-3-4-25(28-11-18)33-7-5-32(6-8-33)23-16-36-17-24(23)35-2/h3-4,9,11-15,23-24H,5-8,16-17H2,1-2H3/t23-,24-/m1/s1. The molecule has 2 aliphatic heterocycles. The second-order valence-corrected chi connectivity index (χ2v) is 9.32. The van der Waals surface area contributed by atoms with Crippen molar-refractivity contribution in [3.8, 4) is 28.3 Å². The Morgan fingerprint density at radius 3 is 2.56 bits per heavy atom. The summed E-state index contributed by atoms with van der Waals surface area (Å²) in [6.07, 6.45) is 9.37. The maximum Gasteiger partial charge on any atom is 0.128 e. The van der Waals surface area contributed by atoms with Crippen molar-refractivity contribution in [1.29, 1.82) is 5.26 Å². The first-order chi connectivity index (χ1) is 17.6. The lowest BCUT2D eigenvalue weighted by Gasteiger charge is -2.39. The molecule has 184 valence electrons. The van der Waals surface area contributed by atoms with E-state index in [2.05, 4.69) is 44.3 Å². The molecule has 36 heavy (non-hydrogen) atoms. The summed E-state index contributed by atoms with van der Waals surface area (Å²) < 4.78 is 14.8. The Kier molecular flexibility index (Phi) is 5.89. The molecule has 0 aromatic carbocycles. The normalized spacial score (nSPS) is 20.8. The molecule has 2 fully saturated rings. The Morgan fingerprint density at radius 1 is 1.00 bits per heavy atom. The number of methoxy groups -OCH3 is 1. The van der Waals surface area contributed by atoms with Crippen molar-refractivity contribution in [2.24, 2.45) is 7.05 Å². The van der Waals surface area contributed by atoms with Crippen LogP contribution in [0.3, 0.4) is 0 Å². The van der Waals surface area contributed by atoms with E-state index in [4.69, 9.17) is 14.5 Å². The summed E-state index contributed by atoms with van der Waals surface area (Å²) in [5.41, 5.74) is 5.13. The highest BCUT2D eigenvalue weighted by Crippen LogP contribution is 2.32. The Labute approximate surface area is 209 Å². The molecule has 0 aliphatic carbocycles. The van der Waals surface area contributed by atoms with Crippen molar-refractivity contribution in [3.63, 3.8) is 0 Å². The van der Waals surface area contributed by atoms with E-state index in [9.17, 15) is 5.26 Å². The molecule has 4 aromatic rings. The number of ether oxygens (including phenoxy) is 2. The van der Waals surface area contributed by atoms with E-state index in [1.54, 1.807) is 22.5 Å². The lowest BCUT2D eigenvalue weighted by atomic mass is 10.0. The first kappa shape index (κ1) is 22.7. The van der Waals surface area contributed by atoms with Crippen LogP contribution in [-0.2, 0) is 16.5 Å². The largest absolute Gasteiger partial charge is 0.377 e. The van der Waals surface area contributed by atoms with Gasteiger partial charge in [0.25, 0.3) is 0 Å². The highest BCUT2D eigenvalue weighted by atomic mass is 16.5. The van der Waals surface area contributed by atoms with E-state index in [1.807, 2.05) is 31.8 Å². The third kappa shape index (κ3) is 4.01. The predicted octanol–water partition coefficient (Wildman–Crippen LogP) is 2.20. The molecule has 6 heterocycles. The minimum Gasteiger partial charge on any atom is -0.377 e. The minimum absolute atomic E-state index is 0.148. The smallest absolute Gasteiger partial charge is 0.128 e. The predicted molar refractivity (Wildman–Crippen MR) is 135 cm³/mol. The maximum atomic E-state index is 9.67. The molecule has 10 nitrogen and oxygen atoms in total. The van der Waals surface area contributed by atoms with Gasteiger partial charge < -0.3 is 14.4 Å². The maximum absolute atomic E-state index is 9.67. The summed E-state index contributed by atoms with van der Waals surface area (Å²) in [5, 5.41) is 18.4. The fourth-order valence-electron chi connectivity index (χ4n) is 5.26. The number of anilines is 1. The second kappa shape index (κ2) is 9.35. The van der Waals surface area contributed by atoms with Gasteiger partial charge in [-0.05, 0) is 18.2 Å². The van der Waals surface area contributed by atoms with Gasteiger partial charge in [0.2, 0.25) is 0 Å². The van der Waals surface area contributed by atoms with Crippen molar-refractivity contribution in [1.82, 2.24) is 29.3 Å². The molecule has 0 N–H and O–H groups in total. The van der Waals surface area contributed by atoms with E-state index < -0.39 is 0 Å². The van der Waals surface area contributed by atoms with E-state index in [1.165, 1.54) is 0 Å². The summed E-state index contributed by atoms with van der Waals surface area (Å²) >= 11 is 0. The van der Waals surface area contributed by atoms with Crippen molar-refractivity contribution in [3.05, 3.63) is 54.7 Å². The van der Waals surface area contributed by atoms with Gasteiger partial charge in [0.1, 0.15) is 11.9 Å². The van der Waals surface area contributed by atoms with Gasteiger partial charge >= 0.3 is 0 Å². The highest BCUT2D eigenvalue weighted by molar-refractivity contribution is 5.87. The molecule has 2 saturated heterocycles. The molecule has 0 bridgehead atoms. The average Bonchev–Trinajstić information content (AvgIpc) is 3.67. The van der Waals surface area contributed by atoms with E-state index in [0.717, 1.165) is 66.4 Å². The topological polar surface area (TPSA) is 96.7 Å². The molecule has 4 aromatic heterocycles. The number of piperazine rings is 1. The molecule has 2 atom stereocenters. The van der Waals surface area contributed by atoms with Crippen LogP contribution in [0, 0.1) is 11.3 Å². The number of aryl methyl sites for hydroxylation is 1. The number of hydrogen-bond acceptors (Lipinski definition) is 8. The quantitative estimate of drug-likeness (QED) is 0.425. The highest BCUT2D eigenvalue weighted by Gasteiger charge is 2.35. The van der Waals surface area contributed by atoms with Crippen molar-refractivity contribution in [2.45, 2.75) is 12.1 Å². The monoisotopic (exact) mass is 484 g/mol. The summed E-state index contributed by atoms with van der Waals surface area (Å²) in [7, 11) is 3.66. The summed E-state index contributed by atoms with van der Waals surface area (Å²) in [4.78, 5) is 9.60. The van der Waals surface area contributed by atoms with Crippen LogP contribution in [0.15, 0.2) is 49.2 Å². The number of aromatic nitrogens is 5. The molecule has 10 heteroatoms. The van der Waals surface area contributed by atoms with E-state index in [-0.39, 0.29) is 6.10 Å². The van der Waals surface area contributed by atoms with Gasteiger partial charge in [0.05, 0.1) is 48.8 Å². The zero-order valence-electron chi connectivity index (χ0n) is 20.4. The number of nitriles is 1. The molecule has 0 unspecified atom stereocenters. The lowest BCUT2D eigenvalue weighted by Crippen LogP contribution is -2.54. The number of hydrogen-bond donors (Lipinski definition) is 0. The van der Waals surface area contributed by atoms with Crippen LogP contribution in [0.5, 0.6) is 0 Å². The van der Waals surface area contributed by atoms with Crippen LogP contribution in [0.2, 0.25) is 0 Å². The van der Waals surface area contributed by atoms with Crippen molar-refractivity contribution >= 4 is 11.3 Å². The third-order valence-corrected chi connectivity index (χ3v) is 7.24.